The van der Waals surface area contributed by atoms with E-state index in [0.29, 0.717) is 17.0 Å². The molecule has 1 heterocycles. The standard InChI is InChI=1S/C26H30FN3O2/c1-26(2,27)24-16-23(21-9-4-5-10-22(21)30-24)28-18-11-13-19(14-12-18)29-25(31)17-7-6-8-20(15-17)32-3/h4-10,15-16,18-19H,11-14H2,1-3H3,(H,28,30)(H,29,31). The first kappa shape index (κ1) is 22.1. The fourth-order valence-corrected chi connectivity index (χ4v) is 4.23. The van der Waals surface area contributed by atoms with Crippen molar-refractivity contribution in [2.24, 2.45) is 0 Å². The Morgan fingerprint density at radius 3 is 2.47 bits per heavy atom. The van der Waals surface area contributed by atoms with Gasteiger partial charge in [0.1, 0.15) is 11.4 Å². The van der Waals surface area contributed by atoms with E-state index in [1.807, 2.05) is 42.5 Å². The second-order valence-electron chi connectivity index (χ2n) is 8.94. The summed E-state index contributed by atoms with van der Waals surface area (Å²) in [7, 11) is 1.59. The van der Waals surface area contributed by atoms with Crippen molar-refractivity contribution in [3.05, 3.63) is 65.9 Å². The van der Waals surface area contributed by atoms with Crippen molar-refractivity contribution >= 4 is 22.5 Å². The number of carbonyl (C=O) groups is 1. The first-order valence-electron chi connectivity index (χ1n) is 11.1. The van der Waals surface area contributed by atoms with Crippen molar-refractivity contribution in [3.63, 3.8) is 0 Å². The number of anilines is 1. The first-order valence-corrected chi connectivity index (χ1v) is 11.1. The van der Waals surface area contributed by atoms with Crippen molar-refractivity contribution in [3.8, 4) is 5.75 Å². The topological polar surface area (TPSA) is 63.2 Å². The van der Waals surface area contributed by atoms with Crippen molar-refractivity contribution in [1.29, 1.82) is 0 Å². The Morgan fingerprint density at radius 1 is 1.03 bits per heavy atom. The lowest BCUT2D eigenvalue weighted by Gasteiger charge is -2.31. The molecule has 1 aliphatic carbocycles. The number of para-hydroxylation sites is 1. The summed E-state index contributed by atoms with van der Waals surface area (Å²) in [4.78, 5) is 17.1. The maximum atomic E-state index is 14.6. The van der Waals surface area contributed by atoms with E-state index < -0.39 is 5.67 Å². The SMILES string of the molecule is COc1cccc(C(=O)NC2CCC(Nc3cc(C(C)(C)F)nc4ccccc34)CC2)c1. The van der Waals surface area contributed by atoms with E-state index in [1.54, 1.807) is 19.2 Å². The van der Waals surface area contributed by atoms with Crippen LogP contribution in [-0.4, -0.2) is 30.1 Å². The minimum Gasteiger partial charge on any atom is -0.497 e. The fraction of sp³-hybridized carbons (Fsp3) is 0.385. The zero-order valence-electron chi connectivity index (χ0n) is 18.8. The van der Waals surface area contributed by atoms with Crippen molar-refractivity contribution in [2.75, 3.05) is 12.4 Å². The summed E-state index contributed by atoms with van der Waals surface area (Å²) in [5.74, 6) is 0.598. The molecular weight excluding hydrogens is 405 g/mol. The number of pyridine rings is 1. The first-order chi connectivity index (χ1) is 15.3. The third kappa shape index (κ3) is 5.01. The Balaban J connectivity index is 1.41. The number of amides is 1. The highest BCUT2D eigenvalue weighted by Gasteiger charge is 2.26. The third-order valence-corrected chi connectivity index (χ3v) is 6.08. The average Bonchev–Trinajstić information content (AvgIpc) is 2.79. The number of aromatic nitrogens is 1. The summed E-state index contributed by atoms with van der Waals surface area (Å²) in [5, 5.41) is 7.76. The summed E-state index contributed by atoms with van der Waals surface area (Å²) >= 11 is 0. The van der Waals surface area contributed by atoms with Crippen molar-refractivity contribution in [2.45, 2.75) is 57.3 Å². The lowest BCUT2D eigenvalue weighted by Crippen LogP contribution is -2.40. The number of alkyl halides is 1. The van der Waals surface area contributed by atoms with E-state index >= 15 is 0 Å². The molecule has 1 aliphatic rings. The largest absolute Gasteiger partial charge is 0.497 e. The van der Waals surface area contributed by atoms with Gasteiger partial charge in [0.25, 0.3) is 5.91 Å². The van der Waals surface area contributed by atoms with Crippen LogP contribution in [0.2, 0.25) is 0 Å². The molecule has 32 heavy (non-hydrogen) atoms. The molecule has 1 aromatic heterocycles. The second kappa shape index (κ2) is 9.15. The van der Waals surface area contributed by atoms with Crippen LogP contribution in [0.4, 0.5) is 10.1 Å². The molecule has 1 fully saturated rings. The van der Waals surface area contributed by atoms with Crippen LogP contribution in [0.3, 0.4) is 0 Å². The molecule has 0 saturated heterocycles. The van der Waals surface area contributed by atoms with E-state index in [-0.39, 0.29) is 18.0 Å². The van der Waals surface area contributed by atoms with E-state index in [9.17, 15) is 9.18 Å². The Kier molecular flexibility index (Phi) is 6.31. The number of ether oxygens (including phenoxy) is 1. The van der Waals surface area contributed by atoms with Crippen LogP contribution < -0.4 is 15.4 Å². The molecule has 6 heteroatoms. The monoisotopic (exact) mass is 435 g/mol. The smallest absolute Gasteiger partial charge is 0.251 e. The summed E-state index contributed by atoms with van der Waals surface area (Å²) in [6.45, 7) is 3.06. The lowest BCUT2D eigenvalue weighted by atomic mass is 9.90. The van der Waals surface area contributed by atoms with E-state index in [1.165, 1.54) is 13.8 Å². The highest BCUT2D eigenvalue weighted by molar-refractivity contribution is 5.94. The van der Waals surface area contributed by atoms with E-state index in [4.69, 9.17) is 4.74 Å². The average molecular weight is 436 g/mol. The van der Waals surface area contributed by atoms with Crippen LogP contribution >= 0.6 is 0 Å². The van der Waals surface area contributed by atoms with E-state index in [2.05, 4.69) is 15.6 Å². The minimum absolute atomic E-state index is 0.0738. The van der Waals surface area contributed by atoms with Crippen molar-refractivity contribution in [1.82, 2.24) is 10.3 Å². The molecule has 2 aromatic carbocycles. The third-order valence-electron chi connectivity index (χ3n) is 6.08. The van der Waals surface area contributed by atoms with Crippen LogP contribution in [-0.2, 0) is 5.67 Å². The molecular formula is C26H30FN3O2. The summed E-state index contributed by atoms with van der Waals surface area (Å²) in [6.07, 6.45) is 3.62. The molecule has 5 nitrogen and oxygen atoms in total. The van der Waals surface area contributed by atoms with Gasteiger partial charge >= 0.3 is 0 Å². The Hall–Kier alpha value is -3.15. The number of nitrogens with one attached hydrogen (secondary N) is 2. The summed E-state index contributed by atoms with van der Waals surface area (Å²) < 4.78 is 19.8. The maximum absolute atomic E-state index is 14.6. The number of methoxy groups -OCH3 is 1. The van der Waals surface area contributed by atoms with Gasteiger partial charge in [0.2, 0.25) is 0 Å². The number of fused-ring (bicyclic) bond motifs is 1. The van der Waals surface area contributed by atoms with Crippen LogP contribution in [0.5, 0.6) is 5.75 Å². The zero-order valence-corrected chi connectivity index (χ0v) is 18.8. The zero-order chi connectivity index (χ0) is 22.7. The highest BCUT2D eigenvalue weighted by Crippen LogP contribution is 2.32. The second-order valence-corrected chi connectivity index (χ2v) is 8.94. The molecule has 0 radical (unpaired) electrons. The number of rotatable bonds is 6. The van der Waals surface area contributed by atoms with Gasteiger partial charge in [-0.05, 0) is 69.9 Å². The lowest BCUT2D eigenvalue weighted by molar-refractivity contribution is 0.0926. The van der Waals surface area contributed by atoms with Gasteiger partial charge in [-0.2, -0.15) is 0 Å². The molecule has 0 aliphatic heterocycles. The molecule has 1 saturated carbocycles. The van der Waals surface area contributed by atoms with Gasteiger partial charge in [-0.1, -0.05) is 24.3 Å². The number of hydrogen-bond acceptors (Lipinski definition) is 4. The highest BCUT2D eigenvalue weighted by atomic mass is 19.1. The number of halogens is 1. The van der Waals surface area contributed by atoms with Gasteiger partial charge < -0.3 is 15.4 Å². The molecule has 1 amide bonds. The predicted octanol–water partition coefficient (Wildman–Crippen LogP) is 5.60. The summed E-state index contributed by atoms with van der Waals surface area (Å²) in [5.41, 5.74) is 1.23. The molecule has 0 unspecified atom stereocenters. The van der Waals surface area contributed by atoms with Gasteiger partial charge in [0.05, 0.1) is 18.3 Å². The Labute approximate surface area is 188 Å². The maximum Gasteiger partial charge on any atom is 0.251 e. The van der Waals surface area contributed by atoms with Gasteiger partial charge in [-0.3, -0.25) is 4.79 Å². The van der Waals surface area contributed by atoms with Gasteiger partial charge in [0.15, 0.2) is 0 Å². The molecule has 0 bridgehead atoms. The minimum atomic E-state index is -1.51. The van der Waals surface area contributed by atoms with Crippen LogP contribution in [0, 0.1) is 0 Å². The van der Waals surface area contributed by atoms with Crippen molar-refractivity contribution < 1.29 is 13.9 Å². The summed E-state index contributed by atoms with van der Waals surface area (Å²) in [6, 6.07) is 17.3. The van der Waals surface area contributed by atoms with Crippen LogP contribution in [0.15, 0.2) is 54.6 Å². The van der Waals surface area contributed by atoms with Gasteiger partial charge in [-0.25, -0.2) is 9.37 Å². The molecule has 168 valence electrons. The fourth-order valence-electron chi connectivity index (χ4n) is 4.23. The normalized spacial score (nSPS) is 18.9. The number of hydrogen-bond donors (Lipinski definition) is 2. The van der Waals surface area contributed by atoms with Gasteiger partial charge in [0, 0.05) is 28.7 Å². The Bertz CT molecular complexity index is 1100. The van der Waals surface area contributed by atoms with Crippen LogP contribution in [0.1, 0.15) is 55.6 Å². The van der Waals surface area contributed by atoms with E-state index in [0.717, 1.165) is 42.3 Å². The Morgan fingerprint density at radius 2 is 1.75 bits per heavy atom. The number of nitrogens with zero attached hydrogens (tertiary/aromatic N) is 1. The van der Waals surface area contributed by atoms with Crippen LogP contribution in [0.25, 0.3) is 10.9 Å². The molecule has 3 aromatic rings. The number of benzene rings is 2. The van der Waals surface area contributed by atoms with Gasteiger partial charge in [-0.15, -0.1) is 0 Å². The molecule has 0 spiro atoms. The molecule has 4 rings (SSSR count). The quantitative estimate of drug-likeness (QED) is 0.529. The number of carbonyl (C=O) groups excluding carboxylic acids is 1. The molecule has 0 atom stereocenters. The predicted molar refractivity (Wildman–Crippen MR) is 126 cm³/mol. The molecule has 2 N–H and O–H groups in total.